The zero-order valence-corrected chi connectivity index (χ0v) is 9.28. The molecule has 0 saturated heterocycles. The topological polar surface area (TPSA) is 40.5 Å². The Balaban J connectivity index is 2.10. The predicted molar refractivity (Wildman–Crippen MR) is 65.0 cm³/mol. The second-order valence-corrected chi connectivity index (χ2v) is 4.40. The van der Waals surface area contributed by atoms with Gasteiger partial charge in [0, 0.05) is 18.3 Å². The third-order valence-corrected chi connectivity index (χ3v) is 3.46. The molecule has 1 N–H and O–H groups in total. The molecular formula is C14H13NO2. The number of allylic oxidation sites excluding steroid dienone is 5. The molecule has 0 aromatic heterocycles. The SMILES string of the molecule is O=C(O)C1=CN2C=CC=CC2C2CC=CC=C12. The van der Waals surface area contributed by atoms with E-state index in [0.717, 1.165) is 12.0 Å². The van der Waals surface area contributed by atoms with E-state index in [0.29, 0.717) is 5.57 Å². The first-order valence-corrected chi connectivity index (χ1v) is 5.72. The molecule has 0 amide bonds. The highest BCUT2D eigenvalue weighted by Gasteiger charge is 2.35. The maximum absolute atomic E-state index is 11.3. The van der Waals surface area contributed by atoms with Gasteiger partial charge in [0.05, 0.1) is 11.6 Å². The molecule has 0 radical (unpaired) electrons. The summed E-state index contributed by atoms with van der Waals surface area (Å²) in [6.45, 7) is 0. The largest absolute Gasteiger partial charge is 0.478 e. The lowest BCUT2D eigenvalue weighted by molar-refractivity contribution is -0.132. The molecule has 2 aliphatic heterocycles. The molecule has 0 saturated carbocycles. The first-order valence-electron chi connectivity index (χ1n) is 5.72. The van der Waals surface area contributed by atoms with Gasteiger partial charge >= 0.3 is 5.97 Å². The zero-order valence-electron chi connectivity index (χ0n) is 9.28. The van der Waals surface area contributed by atoms with Crippen molar-refractivity contribution in [2.75, 3.05) is 0 Å². The van der Waals surface area contributed by atoms with Crippen molar-refractivity contribution in [3.63, 3.8) is 0 Å². The van der Waals surface area contributed by atoms with Gasteiger partial charge in [-0.3, -0.25) is 0 Å². The molecule has 2 heterocycles. The fourth-order valence-corrected chi connectivity index (χ4v) is 2.66. The molecular weight excluding hydrogens is 214 g/mol. The quantitative estimate of drug-likeness (QED) is 0.746. The smallest absolute Gasteiger partial charge is 0.337 e. The Morgan fingerprint density at radius 2 is 2.24 bits per heavy atom. The minimum atomic E-state index is -0.849. The lowest BCUT2D eigenvalue weighted by atomic mass is 9.78. The van der Waals surface area contributed by atoms with Crippen LogP contribution in [0.5, 0.6) is 0 Å². The average molecular weight is 227 g/mol. The summed E-state index contributed by atoms with van der Waals surface area (Å²) < 4.78 is 0. The summed E-state index contributed by atoms with van der Waals surface area (Å²) in [5, 5.41) is 9.27. The summed E-state index contributed by atoms with van der Waals surface area (Å²) in [5.41, 5.74) is 1.36. The van der Waals surface area contributed by atoms with Gasteiger partial charge < -0.3 is 10.0 Å². The van der Waals surface area contributed by atoms with Gasteiger partial charge in [0.25, 0.3) is 0 Å². The van der Waals surface area contributed by atoms with Gasteiger partial charge in [0.15, 0.2) is 0 Å². The Morgan fingerprint density at radius 3 is 3.06 bits per heavy atom. The van der Waals surface area contributed by atoms with Crippen LogP contribution in [-0.4, -0.2) is 22.0 Å². The van der Waals surface area contributed by atoms with E-state index in [4.69, 9.17) is 0 Å². The zero-order chi connectivity index (χ0) is 11.8. The van der Waals surface area contributed by atoms with Gasteiger partial charge in [-0.25, -0.2) is 4.79 Å². The molecule has 0 aromatic carbocycles. The number of nitrogens with zero attached hydrogens (tertiary/aromatic N) is 1. The molecule has 2 unspecified atom stereocenters. The fraction of sp³-hybridized carbons (Fsp3) is 0.214. The maximum atomic E-state index is 11.3. The van der Waals surface area contributed by atoms with Gasteiger partial charge in [-0.1, -0.05) is 30.4 Å². The number of hydrogen-bond acceptors (Lipinski definition) is 2. The van der Waals surface area contributed by atoms with Crippen LogP contribution in [0.3, 0.4) is 0 Å². The van der Waals surface area contributed by atoms with Gasteiger partial charge in [0.1, 0.15) is 0 Å². The van der Waals surface area contributed by atoms with Crippen LogP contribution < -0.4 is 0 Å². The number of carbonyl (C=O) groups is 1. The molecule has 0 aromatic rings. The Hall–Kier alpha value is -2.03. The van der Waals surface area contributed by atoms with E-state index < -0.39 is 5.97 Å². The molecule has 3 rings (SSSR count). The van der Waals surface area contributed by atoms with Crippen molar-refractivity contribution in [2.45, 2.75) is 12.5 Å². The Kier molecular flexibility index (Phi) is 2.25. The van der Waals surface area contributed by atoms with Crippen LogP contribution in [0.1, 0.15) is 6.42 Å². The average Bonchev–Trinajstić information content (AvgIpc) is 2.37. The van der Waals surface area contributed by atoms with Crippen molar-refractivity contribution < 1.29 is 9.90 Å². The van der Waals surface area contributed by atoms with E-state index in [9.17, 15) is 9.90 Å². The standard InChI is InChI=1S/C14H13NO2/c16-14(17)12-9-15-8-4-3-7-13(15)11-6-2-1-5-10(11)12/h1-5,7-9,11,13H,6H2,(H,16,17). The van der Waals surface area contributed by atoms with Crippen LogP contribution in [0.25, 0.3) is 0 Å². The molecule has 86 valence electrons. The highest BCUT2D eigenvalue weighted by Crippen LogP contribution is 2.38. The normalized spacial score (nSPS) is 29.3. The van der Waals surface area contributed by atoms with Gasteiger partial charge in [-0.2, -0.15) is 0 Å². The Labute approximate surface area is 99.7 Å². The second kappa shape index (κ2) is 3.77. The summed E-state index contributed by atoms with van der Waals surface area (Å²) in [6, 6.07) is 0.249. The molecule has 2 atom stereocenters. The van der Waals surface area contributed by atoms with Gasteiger partial charge in [-0.15, -0.1) is 0 Å². The fourth-order valence-electron chi connectivity index (χ4n) is 2.66. The van der Waals surface area contributed by atoms with E-state index in [1.807, 2.05) is 35.4 Å². The first-order chi connectivity index (χ1) is 8.27. The molecule has 17 heavy (non-hydrogen) atoms. The molecule has 1 aliphatic carbocycles. The highest BCUT2D eigenvalue weighted by atomic mass is 16.4. The van der Waals surface area contributed by atoms with Crippen molar-refractivity contribution in [1.82, 2.24) is 4.90 Å². The highest BCUT2D eigenvalue weighted by molar-refractivity contribution is 5.92. The van der Waals surface area contributed by atoms with Crippen molar-refractivity contribution in [3.05, 3.63) is 60.0 Å². The number of hydrogen-bond donors (Lipinski definition) is 1. The van der Waals surface area contributed by atoms with E-state index in [-0.39, 0.29) is 12.0 Å². The lowest BCUT2D eigenvalue weighted by Gasteiger charge is -2.40. The summed E-state index contributed by atoms with van der Waals surface area (Å²) in [4.78, 5) is 13.3. The van der Waals surface area contributed by atoms with Crippen molar-refractivity contribution in [3.8, 4) is 0 Å². The minimum Gasteiger partial charge on any atom is -0.478 e. The van der Waals surface area contributed by atoms with Crippen LogP contribution in [0, 0.1) is 5.92 Å². The van der Waals surface area contributed by atoms with Crippen molar-refractivity contribution in [1.29, 1.82) is 0 Å². The maximum Gasteiger partial charge on any atom is 0.337 e. The van der Waals surface area contributed by atoms with Crippen molar-refractivity contribution in [2.24, 2.45) is 5.92 Å². The number of fused-ring (bicyclic) bond motifs is 3. The molecule has 3 heteroatoms. The molecule has 3 aliphatic rings. The van der Waals surface area contributed by atoms with Gasteiger partial charge in [-0.05, 0) is 18.1 Å². The van der Waals surface area contributed by atoms with Crippen LogP contribution in [0.15, 0.2) is 60.0 Å². The van der Waals surface area contributed by atoms with Crippen LogP contribution in [0.2, 0.25) is 0 Å². The predicted octanol–water partition coefficient (Wildman–Crippen LogP) is 2.23. The van der Waals surface area contributed by atoms with Gasteiger partial charge in [0.2, 0.25) is 0 Å². The number of aliphatic carboxylic acids is 1. The van der Waals surface area contributed by atoms with E-state index in [1.54, 1.807) is 6.20 Å². The summed E-state index contributed by atoms with van der Waals surface area (Å²) in [6.07, 6.45) is 16.6. The van der Waals surface area contributed by atoms with Crippen LogP contribution >= 0.6 is 0 Å². The first kappa shape index (κ1) is 10.1. The molecule has 0 bridgehead atoms. The third-order valence-electron chi connectivity index (χ3n) is 3.46. The summed E-state index contributed by atoms with van der Waals surface area (Å²) >= 11 is 0. The Morgan fingerprint density at radius 1 is 1.35 bits per heavy atom. The van der Waals surface area contributed by atoms with E-state index in [1.165, 1.54) is 0 Å². The summed E-state index contributed by atoms with van der Waals surface area (Å²) in [5.74, 6) is -0.602. The van der Waals surface area contributed by atoms with Crippen LogP contribution in [0.4, 0.5) is 0 Å². The Bertz CT molecular complexity index is 508. The van der Waals surface area contributed by atoms with E-state index >= 15 is 0 Å². The number of carboxylic acid groups (broad SMARTS) is 1. The molecule has 0 fully saturated rings. The number of carboxylic acids is 1. The van der Waals surface area contributed by atoms with E-state index in [2.05, 4.69) is 12.2 Å². The minimum absolute atomic E-state index is 0.247. The van der Waals surface area contributed by atoms with Crippen molar-refractivity contribution >= 4 is 5.97 Å². The lowest BCUT2D eigenvalue weighted by Crippen LogP contribution is -2.40. The number of rotatable bonds is 1. The monoisotopic (exact) mass is 227 g/mol. The summed E-state index contributed by atoms with van der Waals surface area (Å²) in [7, 11) is 0. The van der Waals surface area contributed by atoms with Crippen LogP contribution in [-0.2, 0) is 4.79 Å². The molecule has 3 nitrogen and oxygen atoms in total. The second-order valence-electron chi connectivity index (χ2n) is 4.40. The third kappa shape index (κ3) is 1.55. The molecule has 0 spiro atoms.